The molecule has 4 rings (SSSR count). The van der Waals surface area contributed by atoms with E-state index in [1.165, 1.54) is 34.7 Å². The number of halogens is 3. The predicted molar refractivity (Wildman–Crippen MR) is 110 cm³/mol. The van der Waals surface area contributed by atoms with Crippen LogP contribution in [0.2, 0.25) is 10.0 Å². The van der Waals surface area contributed by atoms with E-state index in [1.54, 1.807) is 36.4 Å². The standard InChI is InChI=1S/C20H12Cl2FN3OS/c1-11-9-12(23)5-7-16(11)28-17-8-6-15-19(20(27)24-10-26(15)25-17)18-13(21)3-2-4-14(18)22/h2-10H,1H3. The molecule has 2 aromatic carbocycles. The summed E-state index contributed by atoms with van der Waals surface area (Å²) in [7, 11) is 0. The fourth-order valence-corrected chi connectivity index (χ4v) is 4.29. The van der Waals surface area contributed by atoms with Crippen molar-refractivity contribution in [3.63, 3.8) is 0 Å². The molecule has 28 heavy (non-hydrogen) atoms. The molecule has 4 aromatic rings. The Kier molecular flexibility index (Phi) is 5.10. The third-order valence-corrected chi connectivity index (χ3v) is 5.89. The van der Waals surface area contributed by atoms with Gasteiger partial charge in [-0.15, -0.1) is 0 Å². The maximum Gasteiger partial charge on any atom is 0.281 e. The molecule has 0 atom stereocenters. The number of rotatable bonds is 3. The zero-order valence-corrected chi connectivity index (χ0v) is 16.8. The van der Waals surface area contributed by atoms with Crippen molar-refractivity contribution in [2.45, 2.75) is 16.8 Å². The quantitative estimate of drug-likeness (QED) is 0.419. The molecular formula is C20H12Cl2FN3OS. The maximum absolute atomic E-state index is 13.3. The van der Waals surface area contributed by atoms with Crippen LogP contribution in [0.15, 0.2) is 69.6 Å². The topological polar surface area (TPSA) is 47.3 Å². The van der Waals surface area contributed by atoms with Crippen LogP contribution < -0.4 is 5.56 Å². The summed E-state index contributed by atoms with van der Waals surface area (Å²) in [6, 6.07) is 13.2. The van der Waals surface area contributed by atoms with E-state index in [0.717, 1.165) is 10.5 Å². The molecular weight excluding hydrogens is 420 g/mol. The molecule has 2 heterocycles. The lowest BCUT2D eigenvalue weighted by molar-refractivity contribution is 0.625. The minimum absolute atomic E-state index is 0.281. The van der Waals surface area contributed by atoms with Crippen molar-refractivity contribution in [1.82, 2.24) is 14.6 Å². The van der Waals surface area contributed by atoms with Crippen LogP contribution in [0.5, 0.6) is 0 Å². The minimum Gasteiger partial charge on any atom is -0.267 e. The van der Waals surface area contributed by atoms with E-state index in [2.05, 4.69) is 10.1 Å². The van der Waals surface area contributed by atoms with Crippen LogP contribution in [-0.2, 0) is 0 Å². The number of aromatic nitrogens is 3. The van der Waals surface area contributed by atoms with Crippen LogP contribution >= 0.6 is 35.0 Å². The van der Waals surface area contributed by atoms with Gasteiger partial charge >= 0.3 is 0 Å². The number of hydrogen-bond donors (Lipinski definition) is 0. The van der Waals surface area contributed by atoms with E-state index in [4.69, 9.17) is 23.2 Å². The van der Waals surface area contributed by atoms with Crippen LogP contribution in [0.3, 0.4) is 0 Å². The van der Waals surface area contributed by atoms with Gasteiger partial charge in [-0.05, 0) is 55.0 Å². The van der Waals surface area contributed by atoms with Crippen molar-refractivity contribution >= 4 is 40.5 Å². The summed E-state index contributed by atoms with van der Waals surface area (Å²) < 4.78 is 14.8. The molecule has 0 saturated heterocycles. The van der Waals surface area contributed by atoms with Gasteiger partial charge in [0.15, 0.2) is 0 Å². The van der Waals surface area contributed by atoms with Crippen LogP contribution in [0.4, 0.5) is 4.39 Å². The largest absolute Gasteiger partial charge is 0.281 e. The van der Waals surface area contributed by atoms with Crippen LogP contribution in [-0.4, -0.2) is 14.6 Å². The van der Waals surface area contributed by atoms with Crippen molar-refractivity contribution in [1.29, 1.82) is 0 Å². The summed E-state index contributed by atoms with van der Waals surface area (Å²) in [6.45, 7) is 1.84. The summed E-state index contributed by atoms with van der Waals surface area (Å²) in [5, 5.41) is 5.91. The normalized spacial score (nSPS) is 11.1. The lowest BCUT2D eigenvalue weighted by Gasteiger charge is -2.11. The third-order valence-electron chi connectivity index (χ3n) is 4.16. The van der Waals surface area contributed by atoms with Gasteiger partial charge in [-0.1, -0.05) is 41.0 Å². The Morgan fingerprint density at radius 1 is 1.04 bits per heavy atom. The Bertz CT molecular complexity index is 1260. The molecule has 0 N–H and O–H groups in total. The number of benzene rings is 2. The molecule has 0 fully saturated rings. The Hall–Kier alpha value is -2.41. The van der Waals surface area contributed by atoms with Crippen molar-refractivity contribution in [3.8, 4) is 11.1 Å². The average Bonchev–Trinajstić information content (AvgIpc) is 2.65. The highest BCUT2D eigenvalue weighted by Crippen LogP contribution is 2.35. The predicted octanol–water partition coefficient (Wildman–Crippen LogP) is 5.66. The molecule has 0 bridgehead atoms. The Morgan fingerprint density at radius 3 is 2.50 bits per heavy atom. The fourth-order valence-electron chi connectivity index (χ4n) is 2.85. The minimum atomic E-state index is -0.438. The number of fused-ring (bicyclic) bond motifs is 1. The average molecular weight is 432 g/mol. The van der Waals surface area contributed by atoms with E-state index in [9.17, 15) is 9.18 Å². The van der Waals surface area contributed by atoms with Gasteiger partial charge in [0.25, 0.3) is 5.56 Å². The summed E-state index contributed by atoms with van der Waals surface area (Å²) in [6.07, 6.45) is 1.35. The first-order chi connectivity index (χ1) is 13.4. The lowest BCUT2D eigenvalue weighted by Crippen LogP contribution is -2.14. The van der Waals surface area contributed by atoms with Gasteiger partial charge in [-0.3, -0.25) is 4.79 Å². The zero-order valence-electron chi connectivity index (χ0n) is 14.5. The highest BCUT2D eigenvalue weighted by molar-refractivity contribution is 7.99. The van der Waals surface area contributed by atoms with Gasteiger partial charge in [-0.2, -0.15) is 10.1 Å². The van der Waals surface area contributed by atoms with Crippen molar-refractivity contribution in [2.24, 2.45) is 0 Å². The molecule has 0 unspecified atom stereocenters. The summed E-state index contributed by atoms with van der Waals surface area (Å²) in [4.78, 5) is 17.3. The SMILES string of the molecule is Cc1cc(F)ccc1Sc1ccc2c(-c3c(Cl)cccc3Cl)c(=O)ncn2n1. The van der Waals surface area contributed by atoms with E-state index in [1.807, 2.05) is 6.92 Å². The Labute approximate surface area is 174 Å². The first-order valence-electron chi connectivity index (χ1n) is 8.21. The molecule has 0 aliphatic heterocycles. The van der Waals surface area contributed by atoms with Crippen LogP contribution in [0.1, 0.15) is 5.56 Å². The Balaban J connectivity index is 1.84. The van der Waals surface area contributed by atoms with Crippen LogP contribution in [0.25, 0.3) is 16.6 Å². The molecule has 8 heteroatoms. The van der Waals surface area contributed by atoms with E-state index < -0.39 is 5.56 Å². The highest BCUT2D eigenvalue weighted by atomic mass is 35.5. The number of aryl methyl sites for hydroxylation is 1. The molecule has 0 spiro atoms. The lowest BCUT2D eigenvalue weighted by atomic mass is 10.1. The molecule has 0 saturated carbocycles. The molecule has 0 radical (unpaired) electrons. The van der Waals surface area contributed by atoms with Gasteiger partial charge in [-0.25, -0.2) is 8.91 Å². The van der Waals surface area contributed by atoms with Gasteiger partial charge in [0, 0.05) is 10.5 Å². The number of hydrogen-bond acceptors (Lipinski definition) is 4. The maximum atomic E-state index is 13.3. The van der Waals surface area contributed by atoms with Gasteiger partial charge in [0.05, 0.1) is 21.1 Å². The fraction of sp³-hybridized carbons (Fsp3) is 0.0500. The first-order valence-corrected chi connectivity index (χ1v) is 9.78. The summed E-state index contributed by atoms with van der Waals surface area (Å²) >= 11 is 14.0. The molecule has 140 valence electrons. The summed E-state index contributed by atoms with van der Waals surface area (Å²) in [5.74, 6) is -0.281. The second-order valence-electron chi connectivity index (χ2n) is 6.03. The van der Waals surface area contributed by atoms with Gasteiger partial charge in [0.2, 0.25) is 0 Å². The van der Waals surface area contributed by atoms with Crippen molar-refractivity contribution in [2.75, 3.05) is 0 Å². The Morgan fingerprint density at radius 2 is 1.79 bits per heavy atom. The second-order valence-corrected chi connectivity index (χ2v) is 7.91. The molecule has 0 amide bonds. The highest BCUT2D eigenvalue weighted by Gasteiger charge is 2.17. The third kappa shape index (κ3) is 3.51. The van der Waals surface area contributed by atoms with Crippen molar-refractivity contribution in [3.05, 3.63) is 86.6 Å². The zero-order chi connectivity index (χ0) is 19.8. The van der Waals surface area contributed by atoms with E-state index in [-0.39, 0.29) is 5.82 Å². The molecule has 4 nitrogen and oxygen atoms in total. The second kappa shape index (κ2) is 7.54. The number of nitrogens with zero attached hydrogens (tertiary/aromatic N) is 3. The van der Waals surface area contributed by atoms with E-state index >= 15 is 0 Å². The van der Waals surface area contributed by atoms with E-state index in [0.29, 0.717) is 31.7 Å². The first kappa shape index (κ1) is 18.9. The molecule has 0 aliphatic rings. The molecule has 0 aliphatic carbocycles. The monoisotopic (exact) mass is 431 g/mol. The van der Waals surface area contributed by atoms with Crippen LogP contribution in [0, 0.1) is 12.7 Å². The van der Waals surface area contributed by atoms with Crippen molar-refractivity contribution < 1.29 is 4.39 Å². The van der Waals surface area contributed by atoms with Gasteiger partial charge < -0.3 is 0 Å². The van der Waals surface area contributed by atoms with Gasteiger partial charge in [0.1, 0.15) is 17.2 Å². The summed E-state index contributed by atoms with van der Waals surface area (Å²) in [5.41, 5.74) is 1.63. The molecule has 2 aromatic heterocycles. The smallest absolute Gasteiger partial charge is 0.267 e.